The molecule has 0 bridgehead atoms. The first-order valence-corrected chi connectivity index (χ1v) is 8.56. The van der Waals surface area contributed by atoms with Crippen molar-refractivity contribution in [3.63, 3.8) is 0 Å². The van der Waals surface area contributed by atoms with Crippen molar-refractivity contribution >= 4 is 11.8 Å². The summed E-state index contributed by atoms with van der Waals surface area (Å²) in [6.07, 6.45) is 3.06. The summed E-state index contributed by atoms with van der Waals surface area (Å²) in [4.78, 5) is 32.7. The van der Waals surface area contributed by atoms with Gasteiger partial charge in [0.05, 0.1) is 11.8 Å². The highest BCUT2D eigenvalue weighted by Gasteiger charge is 2.26. The molecule has 0 unspecified atom stereocenters. The molecule has 2 rings (SSSR count). The normalized spacial score (nSPS) is 13.5. The molecule has 8 nitrogen and oxygen atoms in total. The fourth-order valence-electron chi connectivity index (χ4n) is 2.50. The number of rotatable bonds is 8. The number of aromatic nitrogens is 2. The Labute approximate surface area is 157 Å². The predicted octanol–water partition coefficient (Wildman–Crippen LogP) is 0.413. The summed E-state index contributed by atoms with van der Waals surface area (Å²) in [7, 11) is 0. The Hall–Kier alpha value is -2.84. The minimum absolute atomic E-state index is 0.0467. The number of carbonyl (C=O) groups excluding carboxylic acids is 2. The quantitative estimate of drug-likeness (QED) is 0.498. The molecule has 2 amide bonds. The Kier molecular flexibility index (Phi) is 6.98. The second kappa shape index (κ2) is 9.20. The van der Waals surface area contributed by atoms with Crippen LogP contribution in [0.15, 0.2) is 48.9 Å². The lowest BCUT2D eigenvalue weighted by Gasteiger charge is -2.24. The van der Waals surface area contributed by atoms with Crippen LogP contribution < -0.4 is 10.6 Å². The summed E-state index contributed by atoms with van der Waals surface area (Å²) in [6.45, 7) is 3.05. The molecule has 0 saturated carbocycles. The van der Waals surface area contributed by atoms with Gasteiger partial charge in [-0.05, 0) is 19.4 Å². The van der Waals surface area contributed by atoms with Crippen LogP contribution in [0.5, 0.6) is 0 Å². The van der Waals surface area contributed by atoms with Crippen molar-refractivity contribution in [2.45, 2.75) is 44.6 Å². The maximum atomic E-state index is 12.6. The van der Waals surface area contributed by atoms with Crippen molar-refractivity contribution in [2.75, 3.05) is 0 Å². The largest absolute Gasteiger partial charge is 0.390 e. The van der Waals surface area contributed by atoms with E-state index in [9.17, 15) is 19.8 Å². The molecule has 8 heteroatoms. The summed E-state index contributed by atoms with van der Waals surface area (Å²) in [6, 6.07) is 8.25. The van der Waals surface area contributed by atoms with Gasteiger partial charge in [0, 0.05) is 25.2 Å². The van der Waals surface area contributed by atoms with Gasteiger partial charge < -0.3 is 20.8 Å². The Morgan fingerprint density at radius 3 is 2.44 bits per heavy atom. The molecule has 144 valence electrons. The Morgan fingerprint density at radius 1 is 1.15 bits per heavy atom. The Morgan fingerprint density at radius 2 is 1.85 bits per heavy atom. The van der Waals surface area contributed by atoms with Crippen molar-refractivity contribution in [1.29, 1.82) is 0 Å². The number of aliphatic hydroxyl groups is 2. The topological polar surface area (TPSA) is 124 Å². The maximum Gasteiger partial charge on any atom is 0.272 e. The van der Waals surface area contributed by atoms with Gasteiger partial charge >= 0.3 is 0 Å². The van der Waals surface area contributed by atoms with Crippen LogP contribution in [0.25, 0.3) is 0 Å². The first-order chi connectivity index (χ1) is 12.7. The average molecular weight is 372 g/mol. The summed E-state index contributed by atoms with van der Waals surface area (Å²) in [5, 5.41) is 24.8. The third kappa shape index (κ3) is 7.12. The minimum Gasteiger partial charge on any atom is -0.390 e. The molecule has 0 aliphatic carbocycles. The summed E-state index contributed by atoms with van der Waals surface area (Å²) in [5.41, 5.74) is -0.223. The van der Waals surface area contributed by atoms with Gasteiger partial charge in [-0.15, -0.1) is 0 Å². The molecule has 4 N–H and O–H groups in total. The minimum atomic E-state index is -1.25. The zero-order valence-electron chi connectivity index (χ0n) is 15.3. The summed E-state index contributed by atoms with van der Waals surface area (Å²) in [5.74, 6) is -1.11. The van der Waals surface area contributed by atoms with Gasteiger partial charge in [0.15, 0.2) is 0 Å². The molecule has 2 aromatic rings. The van der Waals surface area contributed by atoms with Crippen LogP contribution in [0.2, 0.25) is 0 Å². The Bertz CT molecular complexity index is 747. The van der Waals surface area contributed by atoms with E-state index in [1.165, 1.54) is 32.4 Å². The van der Waals surface area contributed by atoms with Crippen molar-refractivity contribution in [3.8, 4) is 0 Å². The molecule has 27 heavy (non-hydrogen) atoms. The smallest absolute Gasteiger partial charge is 0.272 e. The van der Waals surface area contributed by atoms with Gasteiger partial charge in [-0.2, -0.15) is 0 Å². The molecule has 0 radical (unpaired) electrons. The molecule has 1 aromatic heterocycles. The molecular weight excluding hydrogens is 348 g/mol. The van der Waals surface area contributed by atoms with E-state index in [4.69, 9.17) is 0 Å². The molecule has 0 spiro atoms. The molecule has 1 heterocycles. The molecule has 0 aliphatic rings. The SMILES string of the molecule is CC(C)(O)C[C@H](O)NC(=O)[C@H](Cc1ccccc1)NC(=O)c1cnccn1. The predicted molar refractivity (Wildman–Crippen MR) is 98.5 cm³/mol. The second-order valence-electron chi connectivity index (χ2n) is 6.85. The monoisotopic (exact) mass is 372 g/mol. The van der Waals surface area contributed by atoms with Crippen molar-refractivity contribution < 1.29 is 19.8 Å². The van der Waals surface area contributed by atoms with E-state index in [-0.39, 0.29) is 18.5 Å². The van der Waals surface area contributed by atoms with Crippen molar-refractivity contribution in [3.05, 3.63) is 60.2 Å². The number of nitrogens with one attached hydrogen (secondary N) is 2. The first-order valence-electron chi connectivity index (χ1n) is 8.56. The highest BCUT2D eigenvalue weighted by atomic mass is 16.3. The van der Waals surface area contributed by atoms with Crippen LogP contribution in [0.4, 0.5) is 0 Å². The van der Waals surface area contributed by atoms with E-state index in [0.29, 0.717) is 0 Å². The highest BCUT2D eigenvalue weighted by molar-refractivity contribution is 5.96. The fourth-order valence-corrected chi connectivity index (χ4v) is 2.50. The third-order valence-electron chi connectivity index (χ3n) is 3.70. The first kappa shape index (κ1) is 20.5. The van der Waals surface area contributed by atoms with Crippen LogP contribution in [-0.4, -0.2) is 49.9 Å². The molecule has 0 fully saturated rings. The second-order valence-corrected chi connectivity index (χ2v) is 6.85. The molecule has 0 aliphatic heterocycles. The number of aliphatic hydroxyl groups excluding tert-OH is 1. The van der Waals surface area contributed by atoms with Crippen molar-refractivity contribution in [1.82, 2.24) is 20.6 Å². The van der Waals surface area contributed by atoms with Crippen LogP contribution in [0.1, 0.15) is 36.3 Å². The maximum absolute atomic E-state index is 12.6. The van der Waals surface area contributed by atoms with E-state index < -0.39 is 29.7 Å². The van der Waals surface area contributed by atoms with Crippen molar-refractivity contribution in [2.24, 2.45) is 0 Å². The molecular formula is C19H24N4O4. The third-order valence-corrected chi connectivity index (χ3v) is 3.70. The number of amides is 2. The van der Waals surface area contributed by atoms with E-state index in [1.807, 2.05) is 30.3 Å². The zero-order valence-corrected chi connectivity index (χ0v) is 15.3. The van der Waals surface area contributed by atoms with Gasteiger partial charge in [-0.25, -0.2) is 4.98 Å². The van der Waals surface area contributed by atoms with Gasteiger partial charge in [-0.3, -0.25) is 14.6 Å². The molecule has 1 aromatic carbocycles. The molecule has 2 atom stereocenters. The van der Waals surface area contributed by atoms with Crippen LogP contribution >= 0.6 is 0 Å². The Balaban J connectivity index is 2.11. The summed E-state index contributed by atoms with van der Waals surface area (Å²) < 4.78 is 0. The molecule has 0 saturated heterocycles. The number of carbonyl (C=O) groups is 2. The number of hydrogen-bond acceptors (Lipinski definition) is 6. The zero-order chi connectivity index (χ0) is 19.9. The van der Waals surface area contributed by atoms with E-state index in [0.717, 1.165) is 5.56 Å². The summed E-state index contributed by atoms with van der Waals surface area (Å²) >= 11 is 0. The van der Waals surface area contributed by atoms with Crippen LogP contribution in [-0.2, 0) is 11.2 Å². The number of benzene rings is 1. The van der Waals surface area contributed by atoms with E-state index in [2.05, 4.69) is 20.6 Å². The van der Waals surface area contributed by atoms with E-state index >= 15 is 0 Å². The average Bonchev–Trinajstić information content (AvgIpc) is 2.61. The highest BCUT2D eigenvalue weighted by Crippen LogP contribution is 2.10. The van der Waals surface area contributed by atoms with Crippen LogP contribution in [0.3, 0.4) is 0 Å². The lowest BCUT2D eigenvalue weighted by molar-refractivity contribution is -0.127. The van der Waals surface area contributed by atoms with Gasteiger partial charge in [0.2, 0.25) is 5.91 Å². The standard InChI is InChI=1S/C19H24N4O4/c1-19(2,27)11-16(24)23-17(25)14(10-13-6-4-3-5-7-13)22-18(26)15-12-20-8-9-21-15/h3-9,12,14,16,24,27H,10-11H2,1-2H3,(H,22,26)(H,23,25)/t14-,16-/m0/s1. The lowest BCUT2D eigenvalue weighted by atomic mass is 10.0. The van der Waals surface area contributed by atoms with Gasteiger partial charge in [0.25, 0.3) is 5.91 Å². The fraction of sp³-hybridized carbons (Fsp3) is 0.368. The number of hydrogen-bond donors (Lipinski definition) is 4. The van der Waals surface area contributed by atoms with E-state index in [1.54, 1.807) is 0 Å². The van der Waals surface area contributed by atoms with Gasteiger partial charge in [0.1, 0.15) is 18.0 Å². The number of nitrogens with zero attached hydrogens (tertiary/aromatic N) is 2. The lowest BCUT2D eigenvalue weighted by Crippen LogP contribution is -2.51. The van der Waals surface area contributed by atoms with Crippen LogP contribution in [0, 0.1) is 0 Å². The van der Waals surface area contributed by atoms with Gasteiger partial charge in [-0.1, -0.05) is 30.3 Å².